The van der Waals surface area contributed by atoms with E-state index in [1.54, 1.807) is 0 Å². The molecule has 0 radical (unpaired) electrons. The van der Waals surface area contributed by atoms with Gasteiger partial charge < -0.3 is 15.2 Å². The van der Waals surface area contributed by atoms with Crippen molar-refractivity contribution in [2.75, 3.05) is 13.1 Å². The molecule has 4 heteroatoms. The Hall–Kier alpha value is -1.39. The fourth-order valence-corrected chi connectivity index (χ4v) is 1.82. The summed E-state index contributed by atoms with van der Waals surface area (Å²) in [6.07, 6.45) is 0.816. The predicted molar refractivity (Wildman–Crippen MR) is 74.7 cm³/mol. The molecule has 1 heterocycles. The highest BCUT2D eigenvalue weighted by atomic mass is 16.5. The Kier molecular flexibility index (Phi) is 5.51. The van der Waals surface area contributed by atoms with Crippen LogP contribution in [0, 0.1) is 0 Å². The molecule has 2 N–H and O–H groups in total. The maximum atomic E-state index is 10.1. The zero-order chi connectivity index (χ0) is 14.4. The summed E-state index contributed by atoms with van der Waals surface area (Å²) in [5.41, 5.74) is 0.0817. The van der Waals surface area contributed by atoms with E-state index in [2.05, 4.69) is 10.1 Å². The largest absolute Gasteiger partial charge is 0.462 e. The van der Waals surface area contributed by atoms with E-state index in [4.69, 9.17) is 0 Å². The Morgan fingerprint density at radius 2 is 1.95 bits per heavy atom. The molecule has 0 spiro atoms. The van der Waals surface area contributed by atoms with Crippen LogP contribution in [-0.4, -0.2) is 30.3 Å². The Labute approximate surface area is 114 Å². The summed E-state index contributed by atoms with van der Waals surface area (Å²) in [4.78, 5) is 9.60. The molecule has 1 fully saturated rings. The molecule has 1 aromatic rings. The third-order valence-electron chi connectivity index (χ3n) is 2.85. The van der Waals surface area contributed by atoms with Gasteiger partial charge in [-0.3, -0.25) is 4.79 Å². The van der Waals surface area contributed by atoms with Crippen molar-refractivity contribution < 1.29 is 14.6 Å². The lowest BCUT2D eigenvalue weighted by Gasteiger charge is -2.21. The summed E-state index contributed by atoms with van der Waals surface area (Å²) in [6.45, 7) is 7.51. The third-order valence-corrected chi connectivity index (χ3v) is 2.85. The molecule has 2 rings (SSSR count). The van der Waals surface area contributed by atoms with Gasteiger partial charge in [-0.2, -0.15) is 0 Å². The van der Waals surface area contributed by atoms with Crippen molar-refractivity contribution in [3.63, 3.8) is 0 Å². The van der Waals surface area contributed by atoms with E-state index < -0.39 is 5.60 Å². The molecule has 4 nitrogen and oxygen atoms in total. The van der Waals surface area contributed by atoms with Crippen molar-refractivity contribution in [2.24, 2.45) is 0 Å². The zero-order valence-electron chi connectivity index (χ0n) is 11.8. The lowest BCUT2D eigenvalue weighted by molar-refractivity contribution is -0.138. The van der Waals surface area contributed by atoms with Gasteiger partial charge in [0.2, 0.25) is 0 Å². The smallest absolute Gasteiger partial charge is 0.293 e. The van der Waals surface area contributed by atoms with Crippen molar-refractivity contribution in [2.45, 2.75) is 38.4 Å². The maximum Gasteiger partial charge on any atom is 0.293 e. The molecule has 1 aliphatic rings. The van der Waals surface area contributed by atoms with Gasteiger partial charge in [-0.05, 0) is 39.3 Å². The zero-order valence-corrected chi connectivity index (χ0v) is 11.8. The van der Waals surface area contributed by atoms with Gasteiger partial charge in [-0.25, -0.2) is 0 Å². The van der Waals surface area contributed by atoms with Crippen LogP contribution < -0.4 is 5.32 Å². The number of β-amino-alcohol motifs (C(OH)–C–C–N with tert-alkyl or cyclic N) is 1. The normalized spacial score (nSPS) is 22.3. The fraction of sp³-hybridized carbons (Fsp3) is 0.533. The lowest BCUT2D eigenvalue weighted by atomic mass is 9.93. The first-order valence-corrected chi connectivity index (χ1v) is 6.47. The number of rotatable bonds is 2. The van der Waals surface area contributed by atoms with Gasteiger partial charge in [0, 0.05) is 6.54 Å². The molecule has 1 atom stereocenters. The average molecular weight is 265 g/mol. The van der Waals surface area contributed by atoms with Crippen LogP contribution >= 0.6 is 0 Å². The van der Waals surface area contributed by atoms with Crippen LogP contribution in [-0.2, 0) is 15.1 Å². The highest BCUT2D eigenvalue weighted by Gasteiger charge is 2.32. The fourth-order valence-electron chi connectivity index (χ4n) is 1.82. The first-order chi connectivity index (χ1) is 8.87. The second-order valence-electron chi connectivity index (χ2n) is 5.65. The Bertz CT molecular complexity index is 378. The van der Waals surface area contributed by atoms with E-state index >= 15 is 0 Å². The highest BCUT2D eigenvalue weighted by molar-refractivity contribution is 5.37. The van der Waals surface area contributed by atoms with Crippen molar-refractivity contribution in [1.82, 2.24) is 5.32 Å². The molecule has 1 saturated heterocycles. The van der Waals surface area contributed by atoms with Crippen LogP contribution in [0.15, 0.2) is 30.3 Å². The number of ether oxygens (including phenoxy) is 1. The molecule has 0 bridgehead atoms. The lowest BCUT2D eigenvalue weighted by Crippen LogP contribution is -2.27. The van der Waals surface area contributed by atoms with E-state index in [1.165, 1.54) is 0 Å². The van der Waals surface area contributed by atoms with Crippen LogP contribution in [0.3, 0.4) is 0 Å². The summed E-state index contributed by atoms with van der Waals surface area (Å²) >= 11 is 0. The van der Waals surface area contributed by atoms with Gasteiger partial charge in [-0.1, -0.05) is 30.3 Å². The molecule has 0 saturated carbocycles. The molecular formula is C15H23NO3. The van der Waals surface area contributed by atoms with Crippen molar-refractivity contribution in [3.05, 3.63) is 35.9 Å². The van der Waals surface area contributed by atoms with Crippen LogP contribution in [0.5, 0.6) is 0 Å². The summed E-state index contributed by atoms with van der Waals surface area (Å²) in [6, 6.07) is 9.85. The van der Waals surface area contributed by atoms with E-state index in [1.807, 2.05) is 51.1 Å². The number of carbonyl (C=O) groups excluding carboxylic acids is 1. The standard InChI is InChI=1S/C10H13NO.C5H10O2/c12-10(6-7-11-8-10)9-4-2-1-3-5-9;1-5(2,3)7-4-6/h1-5,11-12H,6-8H2;4H,1-3H3. The van der Waals surface area contributed by atoms with Crippen LogP contribution in [0.25, 0.3) is 0 Å². The van der Waals surface area contributed by atoms with Gasteiger partial charge in [0.1, 0.15) is 11.2 Å². The number of nitrogens with one attached hydrogen (secondary N) is 1. The highest BCUT2D eigenvalue weighted by Crippen LogP contribution is 2.26. The van der Waals surface area contributed by atoms with Gasteiger partial charge in [0.15, 0.2) is 0 Å². The second kappa shape index (κ2) is 6.68. The van der Waals surface area contributed by atoms with Gasteiger partial charge in [0.05, 0.1) is 0 Å². The van der Waals surface area contributed by atoms with Crippen LogP contribution in [0.1, 0.15) is 32.8 Å². The van der Waals surface area contributed by atoms with E-state index in [0.717, 1.165) is 18.5 Å². The minimum absolute atomic E-state index is 0.318. The van der Waals surface area contributed by atoms with Crippen molar-refractivity contribution in [3.8, 4) is 0 Å². The minimum Gasteiger partial charge on any atom is -0.462 e. The molecule has 0 amide bonds. The summed E-state index contributed by atoms with van der Waals surface area (Å²) in [5.74, 6) is 0. The number of hydrogen-bond acceptors (Lipinski definition) is 4. The van der Waals surface area contributed by atoms with E-state index in [9.17, 15) is 9.90 Å². The van der Waals surface area contributed by atoms with Crippen LogP contribution in [0.4, 0.5) is 0 Å². The first kappa shape index (κ1) is 15.7. The number of aliphatic hydroxyl groups is 1. The van der Waals surface area contributed by atoms with Crippen molar-refractivity contribution >= 4 is 6.47 Å². The summed E-state index contributed by atoms with van der Waals surface area (Å²) in [5, 5.41) is 13.3. The Morgan fingerprint density at radius 1 is 1.32 bits per heavy atom. The topological polar surface area (TPSA) is 58.6 Å². The number of hydrogen-bond donors (Lipinski definition) is 2. The molecule has 106 valence electrons. The van der Waals surface area contributed by atoms with Gasteiger partial charge >= 0.3 is 0 Å². The van der Waals surface area contributed by atoms with Crippen LogP contribution in [0.2, 0.25) is 0 Å². The van der Waals surface area contributed by atoms with Gasteiger partial charge in [0.25, 0.3) is 6.47 Å². The molecule has 1 unspecified atom stereocenters. The minimum atomic E-state index is -0.624. The molecule has 19 heavy (non-hydrogen) atoms. The first-order valence-electron chi connectivity index (χ1n) is 6.47. The second-order valence-corrected chi connectivity index (χ2v) is 5.65. The summed E-state index contributed by atoms with van der Waals surface area (Å²) in [7, 11) is 0. The number of carbonyl (C=O) groups is 1. The van der Waals surface area contributed by atoms with Gasteiger partial charge in [-0.15, -0.1) is 0 Å². The SMILES string of the molecule is CC(C)(C)OC=O.OC1(c2ccccc2)CCNC1. The monoisotopic (exact) mass is 265 g/mol. The van der Waals surface area contributed by atoms with Crippen molar-refractivity contribution in [1.29, 1.82) is 0 Å². The van der Waals surface area contributed by atoms with E-state index in [0.29, 0.717) is 13.0 Å². The summed E-state index contributed by atoms with van der Waals surface area (Å²) < 4.78 is 4.55. The Balaban J connectivity index is 0.000000224. The predicted octanol–water partition coefficient (Wildman–Crippen LogP) is 1.83. The third kappa shape index (κ3) is 5.41. The number of benzene rings is 1. The molecule has 0 aromatic heterocycles. The molecular weight excluding hydrogens is 242 g/mol. The molecule has 0 aliphatic carbocycles. The quantitative estimate of drug-likeness (QED) is 0.801. The molecule has 1 aromatic carbocycles. The maximum absolute atomic E-state index is 10.1. The van der Waals surface area contributed by atoms with E-state index in [-0.39, 0.29) is 5.60 Å². The molecule has 1 aliphatic heterocycles. The average Bonchev–Trinajstić information content (AvgIpc) is 2.78. The Morgan fingerprint density at radius 3 is 2.32 bits per heavy atom.